The Morgan fingerprint density at radius 3 is 2.54 bits per heavy atom. The van der Waals surface area contributed by atoms with Gasteiger partial charge in [0.25, 0.3) is 5.56 Å². The number of benzene rings is 1. The van der Waals surface area contributed by atoms with E-state index >= 15 is 0 Å². The molecule has 0 aliphatic heterocycles. The van der Waals surface area contributed by atoms with Gasteiger partial charge in [-0.3, -0.25) is 19.1 Å². The van der Waals surface area contributed by atoms with Crippen molar-refractivity contribution in [2.75, 3.05) is 5.32 Å². The molecule has 2 N–H and O–H groups in total. The maximum Gasteiger partial charge on any atom is 0.271 e. The number of pyridine rings is 1. The molecule has 1 amide bonds. The highest BCUT2D eigenvalue weighted by atomic mass is 16.3. The molecule has 122 valence electrons. The van der Waals surface area contributed by atoms with E-state index in [0.29, 0.717) is 22.5 Å². The van der Waals surface area contributed by atoms with Crippen molar-refractivity contribution < 1.29 is 9.90 Å². The molecule has 2 rings (SSSR count). The number of carbonyl (C=O) groups excluding carboxylic acids is 1. The van der Waals surface area contributed by atoms with Gasteiger partial charge in [-0.25, -0.2) is 0 Å². The fourth-order valence-corrected chi connectivity index (χ4v) is 2.17. The number of nitrogens with zero attached hydrogens (tertiary/aromatic N) is 3. The normalized spacial score (nSPS) is 10.6. The van der Waals surface area contributed by atoms with Gasteiger partial charge in [-0.2, -0.15) is 5.26 Å². The van der Waals surface area contributed by atoms with Crippen molar-refractivity contribution in [1.82, 2.24) is 4.57 Å². The first-order valence-electron chi connectivity index (χ1n) is 7.09. The SMILES string of the molecule is CC(=O)Nc1ccc(N=Cc2c(C)c(C#N)c(=O)n(C)c2O)cc1. The van der Waals surface area contributed by atoms with Crippen LogP contribution in [0.5, 0.6) is 5.88 Å². The Kier molecular flexibility index (Phi) is 4.80. The number of aromatic hydroxyl groups is 1. The number of hydrogen-bond acceptors (Lipinski definition) is 5. The van der Waals surface area contributed by atoms with Crippen molar-refractivity contribution in [2.45, 2.75) is 13.8 Å². The average Bonchev–Trinajstić information content (AvgIpc) is 2.54. The van der Waals surface area contributed by atoms with E-state index in [4.69, 9.17) is 5.26 Å². The van der Waals surface area contributed by atoms with Gasteiger partial charge in [-0.05, 0) is 36.8 Å². The van der Waals surface area contributed by atoms with Crippen LogP contribution in [-0.4, -0.2) is 21.8 Å². The third kappa shape index (κ3) is 3.33. The zero-order chi connectivity index (χ0) is 17.9. The second-order valence-corrected chi connectivity index (χ2v) is 5.20. The molecule has 0 fully saturated rings. The quantitative estimate of drug-likeness (QED) is 0.842. The van der Waals surface area contributed by atoms with Gasteiger partial charge in [0.1, 0.15) is 11.6 Å². The van der Waals surface area contributed by atoms with Crippen molar-refractivity contribution in [3.8, 4) is 11.9 Å². The molecule has 0 atom stereocenters. The van der Waals surface area contributed by atoms with E-state index in [9.17, 15) is 14.7 Å². The highest BCUT2D eigenvalue weighted by molar-refractivity contribution is 5.89. The van der Waals surface area contributed by atoms with Crippen molar-refractivity contribution in [1.29, 1.82) is 5.26 Å². The van der Waals surface area contributed by atoms with E-state index < -0.39 is 5.56 Å². The molecule has 0 spiro atoms. The Morgan fingerprint density at radius 2 is 2.00 bits per heavy atom. The predicted octanol–water partition coefficient (Wildman–Crippen LogP) is 1.98. The van der Waals surface area contributed by atoms with Crippen molar-refractivity contribution in [3.63, 3.8) is 0 Å². The second kappa shape index (κ2) is 6.79. The van der Waals surface area contributed by atoms with Crippen LogP contribution in [0.15, 0.2) is 34.1 Å². The fourth-order valence-electron chi connectivity index (χ4n) is 2.17. The Bertz CT molecular complexity index is 919. The minimum Gasteiger partial charge on any atom is -0.494 e. The van der Waals surface area contributed by atoms with Gasteiger partial charge >= 0.3 is 0 Å². The molecule has 2 aromatic rings. The van der Waals surface area contributed by atoms with Crippen LogP contribution in [0.25, 0.3) is 0 Å². The van der Waals surface area contributed by atoms with E-state index in [0.717, 1.165) is 4.57 Å². The number of aliphatic imine (C=N–C) groups is 1. The Balaban J connectivity index is 2.39. The van der Waals surface area contributed by atoms with Crippen molar-refractivity contribution in [2.24, 2.45) is 12.0 Å². The molecule has 0 saturated heterocycles. The maximum atomic E-state index is 11.9. The monoisotopic (exact) mass is 324 g/mol. The molecule has 1 heterocycles. The smallest absolute Gasteiger partial charge is 0.271 e. The lowest BCUT2D eigenvalue weighted by molar-refractivity contribution is -0.114. The number of aromatic nitrogens is 1. The molecule has 0 unspecified atom stereocenters. The minimum absolute atomic E-state index is 0.0299. The Morgan fingerprint density at radius 1 is 1.38 bits per heavy atom. The van der Waals surface area contributed by atoms with E-state index in [1.54, 1.807) is 31.2 Å². The third-order valence-corrected chi connectivity index (χ3v) is 3.50. The van der Waals surface area contributed by atoms with E-state index in [-0.39, 0.29) is 17.4 Å². The highest BCUT2D eigenvalue weighted by Gasteiger charge is 2.15. The largest absolute Gasteiger partial charge is 0.494 e. The summed E-state index contributed by atoms with van der Waals surface area (Å²) in [7, 11) is 1.39. The van der Waals surface area contributed by atoms with Crippen LogP contribution in [0.2, 0.25) is 0 Å². The van der Waals surface area contributed by atoms with Crippen LogP contribution in [0.4, 0.5) is 11.4 Å². The fraction of sp³-hybridized carbons (Fsp3) is 0.176. The van der Waals surface area contributed by atoms with Gasteiger partial charge in [0.2, 0.25) is 11.8 Å². The first-order valence-corrected chi connectivity index (χ1v) is 7.09. The molecule has 0 aliphatic carbocycles. The number of hydrogen-bond donors (Lipinski definition) is 2. The van der Waals surface area contributed by atoms with Crippen LogP contribution < -0.4 is 10.9 Å². The van der Waals surface area contributed by atoms with Gasteiger partial charge in [-0.1, -0.05) is 0 Å². The van der Waals surface area contributed by atoms with Crippen molar-refractivity contribution >= 4 is 23.5 Å². The second-order valence-electron chi connectivity index (χ2n) is 5.20. The summed E-state index contributed by atoms with van der Waals surface area (Å²) in [5.74, 6) is -0.420. The molecule has 0 aliphatic rings. The van der Waals surface area contributed by atoms with Gasteiger partial charge in [-0.15, -0.1) is 0 Å². The Labute approximate surface area is 138 Å². The molecule has 1 aromatic heterocycles. The average molecular weight is 324 g/mol. The number of rotatable bonds is 3. The van der Waals surface area contributed by atoms with Gasteiger partial charge < -0.3 is 10.4 Å². The number of carbonyl (C=O) groups is 1. The number of amides is 1. The zero-order valence-corrected chi connectivity index (χ0v) is 13.5. The van der Waals surface area contributed by atoms with E-state index in [2.05, 4.69) is 10.3 Å². The summed E-state index contributed by atoms with van der Waals surface area (Å²) >= 11 is 0. The minimum atomic E-state index is -0.552. The first kappa shape index (κ1) is 17.0. The number of anilines is 1. The molecule has 0 radical (unpaired) electrons. The topological polar surface area (TPSA) is 107 Å². The van der Waals surface area contributed by atoms with Crippen LogP contribution >= 0.6 is 0 Å². The van der Waals surface area contributed by atoms with E-state index in [1.165, 1.54) is 20.2 Å². The molecule has 7 nitrogen and oxygen atoms in total. The molecule has 0 bridgehead atoms. The van der Waals surface area contributed by atoms with Gasteiger partial charge in [0, 0.05) is 25.9 Å². The third-order valence-electron chi connectivity index (χ3n) is 3.50. The van der Waals surface area contributed by atoms with E-state index in [1.807, 2.05) is 6.07 Å². The van der Waals surface area contributed by atoms with Crippen LogP contribution in [0.3, 0.4) is 0 Å². The predicted molar refractivity (Wildman–Crippen MR) is 90.8 cm³/mol. The first-order chi connectivity index (χ1) is 11.3. The van der Waals surface area contributed by atoms with Gasteiger partial charge in [0.15, 0.2) is 0 Å². The summed E-state index contributed by atoms with van der Waals surface area (Å²) in [4.78, 5) is 27.1. The summed E-state index contributed by atoms with van der Waals surface area (Å²) in [6.07, 6.45) is 1.40. The maximum absolute atomic E-state index is 11.9. The summed E-state index contributed by atoms with van der Waals surface area (Å²) < 4.78 is 1.01. The summed E-state index contributed by atoms with van der Waals surface area (Å²) in [6.45, 7) is 3.00. The summed E-state index contributed by atoms with van der Waals surface area (Å²) in [6, 6.07) is 8.63. The van der Waals surface area contributed by atoms with Crippen molar-refractivity contribution in [3.05, 3.63) is 51.3 Å². The number of nitriles is 1. The highest BCUT2D eigenvalue weighted by Crippen LogP contribution is 2.21. The lowest BCUT2D eigenvalue weighted by Gasteiger charge is -2.09. The zero-order valence-electron chi connectivity index (χ0n) is 13.5. The molecular formula is C17H16N4O3. The lowest BCUT2D eigenvalue weighted by Crippen LogP contribution is -2.22. The molecule has 1 aromatic carbocycles. The summed E-state index contributed by atoms with van der Waals surface area (Å²) in [5, 5.41) is 21.9. The number of nitrogens with one attached hydrogen (secondary N) is 1. The van der Waals surface area contributed by atoms with Crippen LogP contribution in [-0.2, 0) is 11.8 Å². The van der Waals surface area contributed by atoms with Crippen LogP contribution in [0.1, 0.15) is 23.6 Å². The van der Waals surface area contributed by atoms with Crippen LogP contribution in [0, 0.1) is 18.3 Å². The lowest BCUT2D eigenvalue weighted by atomic mass is 10.1. The molecular weight excluding hydrogens is 308 g/mol. The summed E-state index contributed by atoms with van der Waals surface area (Å²) in [5.41, 5.74) is 1.34. The molecule has 7 heteroatoms. The molecule has 24 heavy (non-hydrogen) atoms. The Hall–Kier alpha value is -3.40. The standard InChI is InChI=1S/C17H16N4O3/c1-10-14(8-18)16(23)21(3)17(24)15(10)9-19-12-4-6-13(7-5-12)20-11(2)22/h4-7,9,24H,1-3H3,(H,20,22). The van der Waals surface area contributed by atoms with Gasteiger partial charge in [0.05, 0.1) is 11.3 Å². The molecule has 0 saturated carbocycles.